The van der Waals surface area contributed by atoms with E-state index in [2.05, 4.69) is 10.6 Å². The first kappa shape index (κ1) is 22.4. The number of benzene rings is 2. The third-order valence-corrected chi connectivity index (χ3v) is 5.47. The monoisotopic (exact) mass is 457 g/mol. The molecule has 0 saturated carbocycles. The maximum atomic E-state index is 14.2. The molecular weight excluding hydrogens is 436 g/mol. The topological polar surface area (TPSA) is 110 Å². The third-order valence-electron chi connectivity index (χ3n) is 5.47. The number of aliphatic hydroxyl groups excluding tert-OH is 1. The SMILES string of the molecule is CC1COc2c(F)c(F)cc3c(=O)c(C(=O)NC(CO)C(=O)NCc4ccccc4)cn1c23. The molecule has 3 aromatic rings. The van der Waals surface area contributed by atoms with E-state index in [0.717, 1.165) is 11.6 Å². The van der Waals surface area contributed by atoms with E-state index in [1.54, 1.807) is 31.2 Å². The van der Waals surface area contributed by atoms with E-state index in [1.807, 2.05) is 6.07 Å². The van der Waals surface area contributed by atoms with Crippen LogP contribution in [0.4, 0.5) is 8.78 Å². The van der Waals surface area contributed by atoms with Gasteiger partial charge in [0.15, 0.2) is 11.6 Å². The summed E-state index contributed by atoms with van der Waals surface area (Å²) < 4.78 is 35.0. The van der Waals surface area contributed by atoms with E-state index in [9.17, 15) is 28.3 Å². The number of aromatic nitrogens is 1. The van der Waals surface area contributed by atoms with Crippen LogP contribution >= 0.6 is 0 Å². The quantitative estimate of drug-likeness (QED) is 0.522. The van der Waals surface area contributed by atoms with E-state index in [-0.39, 0.29) is 41.4 Å². The zero-order chi connectivity index (χ0) is 23.7. The summed E-state index contributed by atoms with van der Waals surface area (Å²) in [7, 11) is 0. The highest BCUT2D eigenvalue weighted by Gasteiger charge is 2.29. The van der Waals surface area contributed by atoms with Crippen LogP contribution in [0.15, 0.2) is 47.4 Å². The number of nitrogens with one attached hydrogen (secondary N) is 2. The summed E-state index contributed by atoms with van der Waals surface area (Å²) in [5.74, 6) is -4.45. The van der Waals surface area contributed by atoms with Gasteiger partial charge in [-0.3, -0.25) is 14.4 Å². The zero-order valence-corrected chi connectivity index (χ0v) is 17.6. The number of nitrogens with zero attached hydrogens (tertiary/aromatic N) is 1. The second kappa shape index (κ2) is 8.99. The summed E-state index contributed by atoms with van der Waals surface area (Å²) in [5.41, 5.74) is -0.351. The molecule has 3 N–H and O–H groups in total. The number of amides is 2. The maximum Gasteiger partial charge on any atom is 0.257 e. The summed E-state index contributed by atoms with van der Waals surface area (Å²) in [6.45, 7) is 1.21. The van der Waals surface area contributed by atoms with Gasteiger partial charge in [0.2, 0.25) is 17.2 Å². The van der Waals surface area contributed by atoms with Crippen LogP contribution in [0.3, 0.4) is 0 Å². The summed E-state index contributed by atoms with van der Waals surface area (Å²) in [5, 5.41) is 14.3. The Hall–Kier alpha value is -3.79. The van der Waals surface area contributed by atoms with Gasteiger partial charge in [0.05, 0.1) is 23.6 Å². The average molecular weight is 457 g/mol. The van der Waals surface area contributed by atoms with Crippen LogP contribution in [-0.2, 0) is 11.3 Å². The highest BCUT2D eigenvalue weighted by Crippen LogP contribution is 2.35. The largest absolute Gasteiger partial charge is 0.486 e. The standard InChI is InChI=1S/C23H21F2N3O5/c1-12-11-33-21-18(25)16(24)7-14-19(21)28(12)9-15(20(14)30)22(31)27-17(10-29)23(32)26-8-13-5-3-2-4-6-13/h2-7,9,12,17,29H,8,10-11H2,1H3,(H,26,32)(H,27,31). The zero-order valence-electron chi connectivity index (χ0n) is 17.6. The Balaban J connectivity index is 1.62. The smallest absolute Gasteiger partial charge is 0.257 e. The second-order valence-electron chi connectivity index (χ2n) is 7.75. The van der Waals surface area contributed by atoms with Crippen LogP contribution in [0.2, 0.25) is 0 Å². The lowest BCUT2D eigenvalue weighted by Crippen LogP contribution is -2.49. The van der Waals surface area contributed by atoms with Crippen molar-refractivity contribution in [3.63, 3.8) is 0 Å². The van der Waals surface area contributed by atoms with Gasteiger partial charge < -0.3 is 25.0 Å². The lowest BCUT2D eigenvalue weighted by atomic mass is 10.1. The predicted octanol–water partition coefficient (Wildman–Crippen LogP) is 1.64. The Labute approximate surface area is 186 Å². The lowest BCUT2D eigenvalue weighted by Gasteiger charge is -2.27. The molecule has 0 spiro atoms. The minimum atomic E-state index is -1.32. The van der Waals surface area contributed by atoms with Gasteiger partial charge in [0.1, 0.15) is 18.2 Å². The van der Waals surface area contributed by atoms with Crippen molar-refractivity contribution in [2.45, 2.75) is 25.6 Å². The van der Waals surface area contributed by atoms with Gasteiger partial charge in [-0.05, 0) is 18.6 Å². The van der Waals surface area contributed by atoms with Gasteiger partial charge in [-0.2, -0.15) is 4.39 Å². The highest BCUT2D eigenvalue weighted by atomic mass is 19.2. The molecule has 33 heavy (non-hydrogen) atoms. The number of pyridine rings is 1. The lowest BCUT2D eigenvalue weighted by molar-refractivity contribution is -0.124. The number of rotatable bonds is 6. The normalized spacial score (nSPS) is 15.6. The van der Waals surface area contributed by atoms with Crippen LogP contribution in [0.25, 0.3) is 10.9 Å². The first-order valence-electron chi connectivity index (χ1n) is 10.2. The van der Waals surface area contributed by atoms with Crippen molar-refractivity contribution in [2.75, 3.05) is 13.2 Å². The van der Waals surface area contributed by atoms with Gasteiger partial charge in [-0.1, -0.05) is 30.3 Å². The van der Waals surface area contributed by atoms with Crippen molar-refractivity contribution >= 4 is 22.7 Å². The van der Waals surface area contributed by atoms with Gasteiger partial charge in [0, 0.05) is 12.7 Å². The number of halogens is 2. The minimum absolute atomic E-state index is 0.00750. The van der Waals surface area contributed by atoms with Crippen molar-refractivity contribution in [2.24, 2.45) is 0 Å². The molecule has 2 aromatic carbocycles. The Kier molecular flexibility index (Phi) is 6.10. The van der Waals surface area contributed by atoms with E-state index < -0.39 is 41.5 Å². The van der Waals surface area contributed by atoms with Crippen molar-refractivity contribution in [3.8, 4) is 5.75 Å². The summed E-state index contributed by atoms with van der Waals surface area (Å²) in [6, 6.07) is 8.07. The molecule has 4 rings (SSSR count). The molecule has 8 nitrogen and oxygen atoms in total. The molecule has 0 bridgehead atoms. The molecule has 2 amide bonds. The first-order chi connectivity index (χ1) is 15.8. The molecule has 2 heterocycles. The van der Waals surface area contributed by atoms with Crippen LogP contribution in [-0.4, -0.2) is 40.7 Å². The number of hydrogen-bond donors (Lipinski definition) is 3. The molecule has 0 saturated heterocycles. The number of carbonyl (C=O) groups excluding carboxylic acids is 2. The van der Waals surface area contributed by atoms with Crippen LogP contribution in [0.5, 0.6) is 5.75 Å². The fourth-order valence-corrected chi connectivity index (χ4v) is 3.69. The molecule has 1 aliphatic rings. The first-order valence-corrected chi connectivity index (χ1v) is 10.2. The number of carbonyl (C=O) groups is 2. The number of aliphatic hydroxyl groups is 1. The predicted molar refractivity (Wildman–Crippen MR) is 115 cm³/mol. The molecule has 2 atom stereocenters. The second-order valence-corrected chi connectivity index (χ2v) is 7.75. The molecule has 172 valence electrons. The fraction of sp³-hybridized carbons (Fsp3) is 0.261. The van der Waals surface area contributed by atoms with E-state index in [4.69, 9.17) is 4.74 Å². The Morgan fingerprint density at radius 3 is 2.70 bits per heavy atom. The molecule has 1 aromatic heterocycles. The summed E-state index contributed by atoms with van der Waals surface area (Å²) in [6.07, 6.45) is 1.23. The molecule has 10 heteroatoms. The van der Waals surface area contributed by atoms with Crippen LogP contribution in [0.1, 0.15) is 28.9 Å². The molecule has 2 unspecified atom stereocenters. The molecule has 1 aliphatic heterocycles. The Bertz CT molecular complexity index is 1290. The number of ether oxygens (including phenoxy) is 1. The highest BCUT2D eigenvalue weighted by molar-refractivity contribution is 6.00. The number of hydrogen-bond acceptors (Lipinski definition) is 5. The molecule has 0 aliphatic carbocycles. The average Bonchev–Trinajstić information content (AvgIpc) is 2.82. The van der Waals surface area contributed by atoms with Gasteiger partial charge in [0.25, 0.3) is 5.91 Å². The van der Waals surface area contributed by atoms with Gasteiger partial charge in [-0.15, -0.1) is 0 Å². The van der Waals surface area contributed by atoms with Gasteiger partial charge in [-0.25, -0.2) is 4.39 Å². The Morgan fingerprint density at radius 1 is 1.27 bits per heavy atom. The van der Waals surface area contributed by atoms with Gasteiger partial charge >= 0.3 is 0 Å². The van der Waals surface area contributed by atoms with Crippen molar-refractivity contribution in [1.82, 2.24) is 15.2 Å². The van der Waals surface area contributed by atoms with E-state index in [0.29, 0.717) is 0 Å². The molecule has 0 fully saturated rings. The summed E-state index contributed by atoms with van der Waals surface area (Å²) in [4.78, 5) is 38.3. The minimum Gasteiger partial charge on any atom is -0.486 e. The van der Waals surface area contributed by atoms with E-state index >= 15 is 0 Å². The summed E-state index contributed by atoms with van der Waals surface area (Å²) >= 11 is 0. The molecule has 0 radical (unpaired) electrons. The van der Waals surface area contributed by atoms with Crippen LogP contribution < -0.4 is 20.8 Å². The fourth-order valence-electron chi connectivity index (χ4n) is 3.69. The third kappa shape index (κ3) is 4.17. The Morgan fingerprint density at radius 2 is 2.00 bits per heavy atom. The van der Waals surface area contributed by atoms with Crippen molar-refractivity contribution in [1.29, 1.82) is 0 Å². The van der Waals surface area contributed by atoms with E-state index in [1.165, 1.54) is 10.8 Å². The molecular formula is C23H21F2N3O5. The van der Waals surface area contributed by atoms with Crippen molar-refractivity contribution in [3.05, 3.63) is 75.6 Å². The maximum absolute atomic E-state index is 14.2. The van der Waals surface area contributed by atoms with Crippen LogP contribution in [0, 0.1) is 11.6 Å². The van der Waals surface area contributed by atoms with Crippen molar-refractivity contribution < 1.29 is 28.2 Å².